The standard InChI is InChI=1S/C40H41F3N10O5/c1-23-45-32-17-25(42)15-28-31-5-4-6-35(46-31)58-26-18-34(39(54)49(2)20-27(55-3)22-51(23)36(28)32)52(21-26)37-29-19-44-53(33-8-7-24(41)16-30(33)43)38(29)48-40(47-37)57-14-11-50-9-12-56-13-10-50/h4-8,15-17,19,26-27,34H,9-14,18,20-22H2,1-3H3/t26-,27?,34-/m0/s1. The fourth-order valence-electron chi connectivity index (χ4n) is 8.06. The second-order valence-corrected chi connectivity index (χ2v) is 14.7. The van der Waals surface area contributed by atoms with Crippen LogP contribution in [0.1, 0.15) is 12.2 Å². The summed E-state index contributed by atoms with van der Waals surface area (Å²) in [5, 5.41) is 4.88. The Hall–Kier alpha value is -5.85. The summed E-state index contributed by atoms with van der Waals surface area (Å²) < 4.78 is 71.7. The van der Waals surface area contributed by atoms with Crippen LogP contribution in [0.25, 0.3) is 39.0 Å². The first-order chi connectivity index (χ1) is 28.1. The predicted octanol–water partition coefficient (Wildman–Crippen LogP) is 4.18. The Bertz CT molecular complexity index is 2510. The summed E-state index contributed by atoms with van der Waals surface area (Å²) in [7, 11) is 3.30. The zero-order chi connectivity index (χ0) is 40.1. The number of halogens is 3. The third-order valence-electron chi connectivity index (χ3n) is 10.9. The smallest absolute Gasteiger partial charge is 0.320 e. The molecular weight excluding hydrogens is 757 g/mol. The highest BCUT2D eigenvalue weighted by Crippen LogP contribution is 2.36. The third kappa shape index (κ3) is 7.15. The Morgan fingerprint density at radius 3 is 2.60 bits per heavy atom. The molecule has 4 aromatic heterocycles. The van der Waals surface area contributed by atoms with Crippen LogP contribution in [0.5, 0.6) is 11.9 Å². The molecule has 6 aromatic rings. The van der Waals surface area contributed by atoms with Crippen molar-refractivity contribution in [3.63, 3.8) is 0 Å². The van der Waals surface area contributed by atoms with Gasteiger partial charge >= 0.3 is 6.01 Å². The average molecular weight is 799 g/mol. The van der Waals surface area contributed by atoms with Crippen molar-refractivity contribution in [2.45, 2.75) is 38.1 Å². The molecule has 0 spiro atoms. The average Bonchev–Trinajstić information content (AvgIpc) is 3.92. The Morgan fingerprint density at radius 1 is 0.948 bits per heavy atom. The van der Waals surface area contributed by atoms with Crippen molar-refractivity contribution in [3.8, 4) is 28.8 Å². The molecule has 0 saturated carbocycles. The molecule has 3 atom stereocenters. The van der Waals surface area contributed by atoms with Crippen molar-refractivity contribution in [3.05, 3.63) is 78.0 Å². The zero-order valence-electron chi connectivity index (χ0n) is 32.1. The first kappa shape index (κ1) is 37.7. The topological polar surface area (TPSA) is 138 Å². The summed E-state index contributed by atoms with van der Waals surface area (Å²) >= 11 is 0. The number of likely N-dealkylation sites (N-methyl/N-ethyl adjacent to an activating group) is 1. The number of hydrogen-bond acceptors (Lipinski definition) is 12. The van der Waals surface area contributed by atoms with Crippen LogP contribution in [0.3, 0.4) is 0 Å². The number of fused-ring (bicyclic) bond motifs is 6. The highest BCUT2D eigenvalue weighted by Gasteiger charge is 2.42. The number of ether oxygens (including phenoxy) is 4. The largest absolute Gasteiger partial charge is 0.472 e. The summed E-state index contributed by atoms with van der Waals surface area (Å²) in [4.78, 5) is 39.3. The number of anilines is 1. The molecule has 58 heavy (non-hydrogen) atoms. The van der Waals surface area contributed by atoms with Gasteiger partial charge < -0.3 is 33.3 Å². The lowest BCUT2D eigenvalue weighted by Gasteiger charge is -2.31. The van der Waals surface area contributed by atoms with Crippen molar-refractivity contribution in [2.75, 3.05) is 71.6 Å². The second kappa shape index (κ2) is 15.5. The van der Waals surface area contributed by atoms with E-state index in [9.17, 15) is 9.18 Å². The lowest BCUT2D eigenvalue weighted by atomic mass is 10.1. The SMILES string of the molecule is COC1CN(C)C(=O)[C@@H]2C[C@@H](CN2c2nc(OCCN3CCOCC3)nc3c2cnn3-c2ccc(F)cc2F)Oc2cccc(n2)-c2cc(F)cc3nc(C)n(c23)C1. The van der Waals surface area contributed by atoms with Gasteiger partial charge in [0, 0.05) is 70.5 Å². The molecule has 1 amide bonds. The molecule has 0 aliphatic carbocycles. The van der Waals surface area contributed by atoms with Crippen molar-refractivity contribution < 1.29 is 36.9 Å². The van der Waals surface area contributed by atoms with Gasteiger partial charge in [0.1, 0.15) is 47.7 Å². The lowest BCUT2D eigenvalue weighted by molar-refractivity contribution is -0.133. The normalized spacial score (nSPS) is 20.4. The maximum Gasteiger partial charge on any atom is 0.320 e. The van der Waals surface area contributed by atoms with Gasteiger partial charge in [-0.15, -0.1) is 0 Å². The van der Waals surface area contributed by atoms with Crippen LogP contribution < -0.4 is 14.4 Å². The molecule has 0 radical (unpaired) electrons. The summed E-state index contributed by atoms with van der Waals surface area (Å²) in [6, 6.07) is 10.5. The van der Waals surface area contributed by atoms with E-state index in [1.165, 1.54) is 29.1 Å². The number of nitrogens with zero attached hydrogens (tertiary/aromatic N) is 10. The molecule has 15 nitrogen and oxygen atoms in total. The molecule has 2 aromatic carbocycles. The molecule has 9 rings (SSSR count). The van der Waals surface area contributed by atoms with Crippen molar-refractivity contribution in [1.29, 1.82) is 0 Å². The number of methoxy groups -OCH3 is 1. The van der Waals surface area contributed by atoms with Gasteiger partial charge in [0.2, 0.25) is 11.8 Å². The number of amides is 1. The van der Waals surface area contributed by atoms with Gasteiger partial charge in [-0.3, -0.25) is 9.69 Å². The Labute approximate surface area is 330 Å². The van der Waals surface area contributed by atoms with Gasteiger partial charge in [0.15, 0.2) is 11.5 Å². The van der Waals surface area contributed by atoms with E-state index in [4.69, 9.17) is 28.9 Å². The van der Waals surface area contributed by atoms with Gasteiger partial charge in [-0.1, -0.05) is 6.07 Å². The highest BCUT2D eigenvalue weighted by molar-refractivity contribution is 5.94. The lowest BCUT2D eigenvalue weighted by Crippen LogP contribution is -2.47. The maximum atomic E-state index is 15.2. The van der Waals surface area contributed by atoms with Gasteiger partial charge in [0.05, 0.1) is 60.7 Å². The van der Waals surface area contributed by atoms with Crippen LogP contribution in [-0.2, 0) is 20.8 Å². The number of hydrogen-bond donors (Lipinski definition) is 0. The van der Waals surface area contributed by atoms with Gasteiger partial charge in [-0.25, -0.2) is 27.8 Å². The molecular formula is C40H41F3N10O5. The minimum absolute atomic E-state index is 0.00665. The molecule has 2 saturated heterocycles. The van der Waals surface area contributed by atoms with E-state index >= 15 is 8.78 Å². The van der Waals surface area contributed by atoms with Gasteiger partial charge in [-0.2, -0.15) is 15.1 Å². The molecule has 1 unspecified atom stereocenters. The molecule has 7 heterocycles. The van der Waals surface area contributed by atoms with Crippen molar-refractivity contribution in [2.24, 2.45) is 0 Å². The second-order valence-electron chi connectivity index (χ2n) is 14.7. The number of pyridine rings is 1. The van der Waals surface area contributed by atoms with E-state index in [2.05, 4.69) is 20.0 Å². The van der Waals surface area contributed by atoms with Crippen LogP contribution in [0.2, 0.25) is 0 Å². The molecule has 3 aliphatic heterocycles. The highest BCUT2D eigenvalue weighted by atomic mass is 19.1. The van der Waals surface area contributed by atoms with Gasteiger partial charge in [0.25, 0.3) is 0 Å². The minimum Gasteiger partial charge on any atom is -0.472 e. The van der Waals surface area contributed by atoms with E-state index in [-0.39, 0.29) is 55.2 Å². The Balaban J connectivity index is 1.13. The monoisotopic (exact) mass is 798 g/mol. The molecule has 302 valence electrons. The van der Waals surface area contributed by atoms with Crippen LogP contribution in [0, 0.1) is 24.4 Å². The quantitative estimate of drug-likeness (QED) is 0.229. The number of carbonyl (C=O) groups is 1. The van der Waals surface area contributed by atoms with Crippen molar-refractivity contribution in [1.82, 2.24) is 44.1 Å². The molecule has 2 fully saturated rings. The first-order valence-corrected chi connectivity index (χ1v) is 19.1. The number of rotatable bonds is 7. The number of aromatic nitrogens is 7. The van der Waals surface area contributed by atoms with E-state index < -0.39 is 35.7 Å². The number of aryl methyl sites for hydroxylation is 1. The predicted molar refractivity (Wildman–Crippen MR) is 206 cm³/mol. The summed E-state index contributed by atoms with van der Waals surface area (Å²) in [6.45, 7) is 6.17. The number of carbonyl (C=O) groups excluding carboxylic acids is 1. The van der Waals surface area contributed by atoms with Crippen LogP contribution >= 0.6 is 0 Å². The maximum absolute atomic E-state index is 15.2. The van der Waals surface area contributed by atoms with Crippen LogP contribution in [0.15, 0.2) is 54.7 Å². The van der Waals surface area contributed by atoms with Crippen LogP contribution in [-0.4, -0.2) is 135 Å². The minimum atomic E-state index is -0.836. The molecule has 4 bridgehead atoms. The Morgan fingerprint density at radius 2 is 1.79 bits per heavy atom. The van der Waals surface area contributed by atoms with E-state index in [0.717, 1.165) is 25.2 Å². The Kier molecular flexibility index (Phi) is 10.1. The summed E-state index contributed by atoms with van der Waals surface area (Å²) in [5.74, 6) is -0.988. The molecule has 3 aliphatic rings. The number of benzene rings is 2. The summed E-state index contributed by atoms with van der Waals surface area (Å²) in [6.07, 6.45) is 0.705. The number of imidazole rings is 1. The third-order valence-corrected chi connectivity index (χ3v) is 10.9. The van der Waals surface area contributed by atoms with E-state index in [0.29, 0.717) is 65.6 Å². The zero-order valence-corrected chi connectivity index (χ0v) is 32.1. The van der Waals surface area contributed by atoms with E-state index in [1.54, 1.807) is 37.3 Å². The fraction of sp³-hybridized carbons (Fsp3) is 0.400. The molecule has 0 N–H and O–H groups in total. The van der Waals surface area contributed by atoms with Crippen molar-refractivity contribution >= 4 is 33.8 Å². The van der Waals surface area contributed by atoms with Gasteiger partial charge in [-0.05, 0) is 31.2 Å². The van der Waals surface area contributed by atoms with Crippen LogP contribution in [0.4, 0.5) is 19.0 Å². The number of morpholine rings is 1. The molecule has 18 heteroatoms. The van der Waals surface area contributed by atoms with E-state index in [1.807, 2.05) is 16.4 Å². The fourth-order valence-corrected chi connectivity index (χ4v) is 8.06. The summed E-state index contributed by atoms with van der Waals surface area (Å²) in [5.41, 5.74) is 2.37. The first-order valence-electron chi connectivity index (χ1n) is 19.1.